The summed E-state index contributed by atoms with van der Waals surface area (Å²) in [5.74, 6) is 1.30. The molecule has 0 saturated heterocycles. The van der Waals surface area contributed by atoms with Gasteiger partial charge in [0.05, 0.1) is 15.8 Å². The molecule has 0 aliphatic rings. The van der Waals surface area contributed by atoms with Gasteiger partial charge in [-0.2, -0.15) is 0 Å². The number of sulfonamides is 1. The van der Waals surface area contributed by atoms with Crippen molar-refractivity contribution in [2.75, 3.05) is 10.0 Å². The van der Waals surface area contributed by atoms with Crippen LogP contribution in [0.4, 0.5) is 11.5 Å². The summed E-state index contributed by atoms with van der Waals surface area (Å²) in [6, 6.07) is 13.4. The summed E-state index contributed by atoms with van der Waals surface area (Å²) in [5.41, 5.74) is 2.15. The van der Waals surface area contributed by atoms with Crippen molar-refractivity contribution in [3.63, 3.8) is 0 Å². The number of benzene rings is 2. The van der Waals surface area contributed by atoms with Crippen LogP contribution in [0.1, 0.15) is 24.1 Å². The Labute approximate surface area is 178 Å². The predicted octanol–water partition coefficient (Wildman–Crippen LogP) is 3.19. The van der Waals surface area contributed by atoms with Crippen LogP contribution in [0.25, 0.3) is 10.9 Å². The number of aromatic amines is 1. The first-order valence-electron chi connectivity index (χ1n) is 9.66. The third kappa shape index (κ3) is 4.58. The van der Waals surface area contributed by atoms with E-state index in [-0.39, 0.29) is 16.3 Å². The van der Waals surface area contributed by atoms with Crippen molar-refractivity contribution < 1.29 is 12.9 Å². The number of hydrogen-bond donors (Lipinski definition) is 3. The zero-order valence-electron chi connectivity index (χ0n) is 17.0. The van der Waals surface area contributed by atoms with Crippen LogP contribution in [0.5, 0.6) is 0 Å². The van der Waals surface area contributed by atoms with E-state index in [0.717, 1.165) is 11.3 Å². The maximum Gasteiger partial charge on any atom is 0.263 e. The molecule has 31 heavy (non-hydrogen) atoms. The highest BCUT2D eigenvalue weighted by Gasteiger charge is 2.16. The fourth-order valence-corrected chi connectivity index (χ4v) is 4.06. The number of aryl methyl sites for hydroxylation is 2. The molecule has 0 spiro atoms. The predicted molar refractivity (Wildman–Crippen MR) is 118 cm³/mol. The van der Waals surface area contributed by atoms with Gasteiger partial charge in [0.25, 0.3) is 15.6 Å². The number of aromatic nitrogens is 3. The van der Waals surface area contributed by atoms with Crippen molar-refractivity contribution in [2.24, 2.45) is 0 Å². The summed E-state index contributed by atoms with van der Waals surface area (Å²) in [6.07, 6.45) is 0.661. The lowest BCUT2D eigenvalue weighted by Crippen LogP contribution is -2.13. The molecule has 0 bridgehead atoms. The first-order valence-corrected chi connectivity index (χ1v) is 11.1. The SMILES string of the molecule is CCc1nc2ccc(CNc3ccc(S(=O)(=O)Nc4cc(C)on4)cc3)cc2c(=O)[nH]1. The van der Waals surface area contributed by atoms with Gasteiger partial charge >= 0.3 is 0 Å². The van der Waals surface area contributed by atoms with Gasteiger partial charge in [0.1, 0.15) is 11.6 Å². The fourth-order valence-electron chi connectivity index (χ4n) is 3.08. The van der Waals surface area contributed by atoms with Gasteiger partial charge < -0.3 is 14.8 Å². The Morgan fingerprint density at radius 1 is 1.10 bits per heavy atom. The van der Waals surface area contributed by atoms with Crippen LogP contribution in [0.3, 0.4) is 0 Å². The molecule has 9 nitrogen and oxygen atoms in total. The van der Waals surface area contributed by atoms with Gasteiger partial charge in [-0.05, 0) is 48.9 Å². The van der Waals surface area contributed by atoms with Gasteiger partial charge in [-0.15, -0.1) is 0 Å². The van der Waals surface area contributed by atoms with Gasteiger partial charge in [0, 0.05) is 24.7 Å². The maximum absolute atomic E-state index is 12.5. The lowest BCUT2D eigenvalue weighted by atomic mass is 10.1. The minimum atomic E-state index is -3.76. The van der Waals surface area contributed by atoms with E-state index in [1.807, 2.05) is 19.1 Å². The summed E-state index contributed by atoms with van der Waals surface area (Å²) >= 11 is 0. The molecular formula is C21H21N5O4S. The highest BCUT2D eigenvalue weighted by molar-refractivity contribution is 7.92. The second-order valence-corrected chi connectivity index (χ2v) is 8.71. The van der Waals surface area contributed by atoms with Crippen LogP contribution >= 0.6 is 0 Å². The summed E-state index contributed by atoms with van der Waals surface area (Å²) in [6.45, 7) is 4.08. The molecule has 2 heterocycles. The molecule has 0 radical (unpaired) electrons. The number of anilines is 2. The largest absolute Gasteiger partial charge is 0.381 e. The molecule has 4 rings (SSSR count). The molecule has 0 aliphatic heterocycles. The lowest BCUT2D eigenvalue weighted by Gasteiger charge is -2.09. The highest BCUT2D eigenvalue weighted by atomic mass is 32.2. The summed E-state index contributed by atoms with van der Waals surface area (Å²) < 4.78 is 32.1. The molecule has 0 fully saturated rings. The number of nitrogens with zero attached hydrogens (tertiary/aromatic N) is 2. The maximum atomic E-state index is 12.5. The van der Waals surface area contributed by atoms with E-state index < -0.39 is 10.0 Å². The quantitative estimate of drug-likeness (QED) is 0.403. The van der Waals surface area contributed by atoms with Gasteiger partial charge in [-0.1, -0.05) is 18.1 Å². The molecule has 3 N–H and O–H groups in total. The number of H-pyrrole nitrogens is 1. The van der Waals surface area contributed by atoms with Crippen molar-refractivity contribution in [3.8, 4) is 0 Å². The van der Waals surface area contributed by atoms with Crippen LogP contribution in [0.15, 0.2) is 62.7 Å². The van der Waals surface area contributed by atoms with E-state index in [4.69, 9.17) is 4.52 Å². The normalized spacial score (nSPS) is 11.5. The van der Waals surface area contributed by atoms with Crippen LogP contribution in [-0.2, 0) is 23.0 Å². The number of hydrogen-bond acceptors (Lipinski definition) is 7. The molecule has 0 aliphatic carbocycles. The summed E-state index contributed by atoms with van der Waals surface area (Å²) in [4.78, 5) is 19.6. The van der Waals surface area contributed by atoms with Gasteiger partial charge in [-0.3, -0.25) is 9.52 Å². The monoisotopic (exact) mass is 439 g/mol. The van der Waals surface area contributed by atoms with E-state index >= 15 is 0 Å². The van der Waals surface area contributed by atoms with Crippen LogP contribution in [0.2, 0.25) is 0 Å². The number of fused-ring (bicyclic) bond motifs is 1. The van der Waals surface area contributed by atoms with Crippen molar-refractivity contribution in [3.05, 3.63) is 76.0 Å². The first-order chi connectivity index (χ1) is 14.8. The Morgan fingerprint density at radius 3 is 2.55 bits per heavy atom. The molecule has 2 aromatic heterocycles. The first kappa shape index (κ1) is 20.6. The van der Waals surface area contributed by atoms with E-state index in [9.17, 15) is 13.2 Å². The standard InChI is InChI=1S/C21H21N5O4S/c1-3-19-23-18-9-4-14(11-17(18)21(27)24-19)12-22-15-5-7-16(8-6-15)31(28,29)26-20-10-13(2)30-25-20/h4-11,22H,3,12H2,1-2H3,(H,25,26)(H,23,24,27). The molecular weight excluding hydrogens is 418 g/mol. The van der Waals surface area contributed by atoms with Gasteiger partial charge in [-0.25, -0.2) is 13.4 Å². The Balaban J connectivity index is 1.46. The van der Waals surface area contributed by atoms with Crippen molar-refractivity contribution in [1.82, 2.24) is 15.1 Å². The minimum absolute atomic E-state index is 0.105. The Hall–Kier alpha value is -3.66. The van der Waals surface area contributed by atoms with Crippen molar-refractivity contribution in [1.29, 1.82) is 0 Å². The molecule has 0 amide bonds. The van der Waals surface area contributed by atoms with Crippen LogP contribution in [-0.4, -0.2) is 23.5 Å². The average Bonchev–Trinajstić information content (AvgIpc) is 3.16. The third-order valence-corrected chi connectivity index (χ3v) is 6.05. The van der Waals surface area contributed by atoms with Crippen LogP contribution in [0, 0.1) is 6.92 Å². The Kier molecular flexibility index (Phi) is 5.47. The van der Waals surface area contributed by atoms with E-state index in [2.05, 4.69) is 25.2 Å². The summed E-state index contributed by atoms with van der Waals surface area (Å²) in [5, 5.41) is 7.40. The average molecular weight is 439 g/mol. The molecule has 0 atom stereocenters. The van der Waals surface area contributed by atoms with E-state index in [1.54, 1.807) is 25.1 Å². The highest BCUT2D eigenvalue weighted by Crippen LogP contribution is 2.19. The second-order valence-electron chi connectivity index (χ2n) is 7.02. The molecule has 10 heteroatoms. The third-order valence-electron chi connectivity index (χ3n) is 4.68. The lowest BCUT2D eigenvalue weighted by molar-refractivity contribution is 0.400. The molecule has 160 valence electrons. The van der Waals surface area contributed by atoms with Crippen molar-refractivity contribution in [2.45, 2.75) is 31.7 Å². The van der Waals surface area contributed by atoms with E-state index in [0.29, 0.717) is 35.5 Å². The van der Waals surface area contributed by atoms with Gasteiger partial charge in [0.2, 0.25) is 0 Å². The number of nitrogens with one attached hydrogen (secondary N) is 3. The topological polar surface area (TPSA) is 130 Å². The Morgan fingerprint density at radius 2 is 1.87 bits per heavy atom. The fraction of sp³-hybridized carbons (Fsp3) is 0.190. The van der Waals surface area contributed by atoms with Crippen molar-refractivity contribution >= 4 is 32.4 Å². The summed E-state index contributed by atoms with van der Waals surface area (Å²) in [7, 11) is -3.76. The minimum Gasteiger partial charge on any atom is -0.381 e. The molecule has 4 aromatic rings. The molecule has 2 aromatic carbocycles. The molecule has 0 unspecified atom stereocenters. The van der Waals surface area contributed by atoms with Crippen LogP contribution < -0.4 is 15.6 Å². The second kappa shape index (κ2) is 8.23. The zero-order chi connectivity index (χ0) is 22.0. The van der Waals surface area contributed by atoms with Gasteiger partial charge in [0.15, 0.2) is 5.82 Å². The Bertz CT molecular complexity index is 1390. The number of rotatable bonds is 7. The zero-order valence-corrected chi connectivity index (χ0v) is 17.8. The molecule has 0 saturated carbocycles. The smallest absolute Gasteiger partial charge is 0.263 e. The van der Waals surface area contributed by atoms with E-state index in [1.165, 1.54) is 18.2 Å².